The molecule has 0 aliphatic rings. The van der Waals surface area contributed by atoms with Crippen molar-refractivity contribution in [1.82, 2.24) is 35.7 Å². The van der Waals surface area contributed by atoms with Crippen molar-refractivity contribution in [3.05, 3.63) is 69.4 Å². The number of tetrazole rings is 1. The maximum atomic E-state index is 13.0. The molecule has 4 rings (SSSR count). The Morgan fingerprint density at radius 2 is 2.00 bits per heavy atom. The second-order valence-electron chi connectivity index (χ2n) is 6.65. The normalized spacial score (nSPS) is 10.8. The number of aromatic nitrogens is 6. The summed E-state index contributed by atoms with van der Waals surface area (Å²) < 4.78 is 20.0. The molecule has 0 fully saturated rings. The Hall–Kier alpha value is -3.38. The lowest BCUT2D eigenvalue weighted by Gasteiger charge is -2.09. The Kier molecular flexibility index (Phi) is 6.71. The summed E-state index contributed by atoms with van der Waals surface area (Å²) >= 11 is 2.57. The molecule has 1 amide bonds. The van der Waals surface area contributed by atoms with E-state index in [1.54, 1.807) is 23.9 Å². The van der Waals surface area contributed by atoms with Gasteiger partial charge in [-0.15, -0.1) is 15.3 Å². The highest BCUT2D eigenvalue weighted by atomic mass is 32.2. The largest absolute Gasteiger partial charge is 0.494 e. The Morgan fingerprint density at radius 1 is 1.19 bits per heavy atom. The van der Waals surface area contributed by atoms with Crippen molar-refractivity contribution >= 4 is 29.0 Å². The van der Waals surface area contributed by atoms with Crippen LogP contribution >= 0.6 is 23.1 Å². The van der Waals surface area contributed by atoms with Gasteiger partial charge in [0.1, 0.15) is 22.3 Å². The zero-order chi connectivity index (χ0) is 22.5. The lowest BCUT2D eigenvalue weighted by atomic mass is 10.2. The van der Waals surface area contributed by atoms with Crippen LogP contribution in [0.4, 0.5) is 4.39 Å². The van der Waals surface area contributed by atoms with Crippen molar-refractivity contribution < 1.29 is 13.9 Å². The van der Waals surface area contributed by atoms with Gasteiger partial charge in [-0.05, 0) is 52.7 Å². The average Bonchev–Trinajstić information content (AvgIpc) is 3.46. The highest BCUT2D eigenvalue weighted by molar-refractivity contribution is 7.98. The fourth-order valence-corrected chi connectivity index (χ4v) is 4.40. The number of nitrogens with zero attached hydrogens (tertiary/aromatic N) is 6. The summed E-state index contributed by atoms with van der Waals surface area (Å²) in [6, 6.07) is 11.7. The molecular formula is C20H18FN7O2S2. The highest BCUT2D eigenvalue weighted by Crippen LogP contribution is 2.29. The minimum absolute atomic E-state index is 0.252. The summed E-state index contributed by atoms with van der Waals surface area (Å²) in [6.45, 7) is 2.25. The van der Waals surface area contributed by atoms with Crippen molar-refractivity contribution in [2.75, 3.05) is 7.11 Å². The van der Waals surface area contributed by atoms with Gasteiger partial charge in [0.2, 0.25) is 10.2 Å². The summed E-state index contributed by atoms with van der Waals surface area (Å²) in [5.41, 5.74) is 2.57. The van der Waals surface area contributed by atoms with Crippen molar-refractivity contribution in [2.24, 2.45) is 0 Å². The van der Waals surface area contributed by atoms with Crippen LogP contribution in [0.3, 0.4) is 0 Å². The van der Waals surface area contributed by atoms with Crippen LogP contribution in [0, 0.1) is 12.7 Å². The second kappa shape index (κ2) is 9.83. The molecule has 1 N–H and O–H groups in total. The molecule has 0 aliphatic heterocycles. The topological polar surface area (TPSA) is 108 Å². The van der Waals surface area contributed by atoms with Crippen molar-refractivity contribution in [1.29, 1.82) is 0 Å². The molecule has 2 aromatic carbocycles. The highest BCUT2D eigenvalue weighted by Gasteiger charge is 2.17. The zero-order valence-corrected chi connectivity index (χ0v) is 18.8. The number of nitrogens with one attached hydrogen (secondary N) is 1. The third kappa shape index (κ3) is 5.08. The summed E-state index contributed by atoms with van der Waals surface area (Å²) in [5.74, 6) is 0.439. The van der Waals surface area contributed by atoms with Crippen LogP contribution in [0.1, 0.15) is 25.9 Å². The molecule has 0 aliphatic carbocycles. The number of rotatable bonds is 8. The summed E-state index contributed by atoms with van der Waals surface area (Å²) in [7, 11) is 1.59. The van der Waals surface area contributed by atoms with E-state index in [0.29, 0.717) is 21.7 Å². The molecule has 4 aromatic rings. The summed E-state index contributed by atoms with van der Waals surface area (Å²) in [6.07, 6.45) is 0. The van der Waals surface area contributed by atoms with E-state index in [9.17, 15) is 9.18 Å². The molecule has 164 valence electrons. The number of methoxy groups -OCH3 is 1. The van der Waals surface area contributed by atoms with Gasteiger partial charge in [0.25, 0.3) is 5.91 Å². The first kappa shape index (κ1) is 21.8. The number of carbonyl (C=O) groups is 1. The van der Waals surface area contributed by atoms with Crippen LogP contribution in [0.2, 0.25) is 0 Å². The van der Waals surface area contributed by atoms with Crippen molar-refractivity contribution in [2.45, 2.75) is 24.4 Å². The van der Waals surface area contributed by atoms with Crippen LogP contribution in [-0.2, 0) is 12.3 Å². The molecular weight excluding hydrogens is 453 g/mol. The van der Waals surface area contributed by atoms with E-state index >= 15 is 0 Å². The first-order valence-corrected chi connectivity index (χ1v) is 11.2. The number of aryl methyl sites for hydroxylation is 1. The van der Waals surface area contributed by atoms with E-state index in [-0.39, 0.29) is 23.3 Å². The minimum atomic E-state index is -0.336. The average molecular weight is 472 g/mol. The van der Waals surface area contributed by atoms with E-state index < -0.39 is 0 Å². The molecule has 9 nitrogen and oxygen atoms in total. The van der Waals surface area contributed by atoms with Gasteiger partial charge in [-0.25, -0.2) is 4.39 Å². The van der Waals surface area contributed by atoms with Gasteiger partial charge in [0, 0.05) is 6.54 Å². The third-order valence-electron chi connectivity index (χ3n) is 4.36. The molecule has 0 radical (unpaired) electrons. The molecule has 0 spiro atoms. The van der Waals surface area contributed by atoms with Gasteiger partial charge in [-0.2, -0.15) is 4.68 Å². The van der Waals surface area contributed by atoms with E-state index in [1.165, 1.54) is 35.2 Å². The number of carbonyl (C=O) groups excluding carboxylic acids is 1. The van der Waals surface area contributed by atoms with Crippen molar-refractivity contribution in [3.63, 3.8) is 0 Å². The van der Waals surface area contributed by atoms with Crippen LogP contribution < -0.4 is 10.1 Å². The van der Waals surface area contributed by atoms with Crippen LogP contribution in [0.15, 0.2) is 47.6 Å². The number of amides is 1. The lowest BCUT2D eigenvalue weighted by Crippen LogP contribution is -2.22. The number of benzene rings is 2. The van der Waals surface area contributed by atoms with E-state index in [4.69, 9.17) is 4.74 Å². The van der Waals surface area contributed by atoms with Crippen LogP contribution in [0.5, 0.6) is 5.75 Å². The first-order valence-electron chi connectivity index (χ1n) is 9.44. The fourth-order valence-electron chi connectivity index (χ4n) is 2.78. The van der Waals surface area contributed by atoms with E-state index in [1.807, 2.05) is 25.1 Å². The second-order valence-corrected chi connectivity index (χ2v) is 8.65. The lowest BCUT2D eigenvalue weighted by molar-refractivity contribution is 0.0950. The number of thioether (sulfide) groups is 1. The molecule has 0 unspecified atom stereocenters. The molecule has 0 saturated heterocycles. The summed E-state index contributed by atoms with van der Waals surface area (Å²) in [4.78, 5) is 12.3. The number of halogens is 1. The van der Waals surface area contributed by atoms with Gasteiger partial charge in [-0.1, -0.05) is 41.3 Å². The smallest absolute Gasteiger partial charge is 0.282 e. The number of hydrogen-bond donors (Lipinski definition) is 1. The Balaban J connectivity index is 1.39. The molecule has 32 heavy (non-hydrogen) atoms. The van der Waals surface area contributed by atoms with E-state index in [2.05, 4.69) is 31.0 Å². The van der Waals surface area contributed by atoms with Crippen LogP contribution in [-0.4, -0.2) is 43.4 Å². The SMILES string of the molecule is COc1ccc(C)cc1-n1nnnc1SCc1nnc(C(=O)NCc2ccc(F)cc2)s1. The molecule has 0 bridgehead atoms. The molecule has 12 heteroatoms. The van der Waals surface area contributed by atoms with Gasteiger partial charge < -0.3 is 10.1 Å². The van der Waals surface area contributed by atoms with Gasteiger partial charge in [-0.3, -0.25) is 4.79 Å². The standard InChI is InChI=1S/C20H18FN7O2S2/c1-12-3-8-16(30-2)15(9-12)28-20(25-26-27-28)31-11-17-23-24-19(32-17)18(29)22-10-13-4-6-14(21)7-5-13/h3-9H,10-11H2,1-2H3,(H,22,29). The third-order valence-corrected chi connectivity index (χ3v) is 6.39. The zero-order valence-electron chi connectivity index (χ0n) is 17.1. The quantitative estimate of drug-likeness (QED) is 0.391. The molecule has 2 heterocycles. The Labute approximate surface area is 191 Å². The maximum Gasteiger partial charge on any atom is 0.282 e. The first-order chi connectivity index (χ1) is 15.5. The Morgan fingerprint density at radius 3 is 2.78 bits per heavy atom. The van der Waals surface area contributed by atoms with E-state index in [0.717, 1.165) is 16.8 Å². The van der Waals surface area contributed by atoms with Crippen LogP contribution in [0.25, 0.3) is 5.69 Å². The monoisotopic (exact) mass is 471 g/mol. The minimum Gasteiger partial charge on any atom is -0.494 e. The molecule has 0 atom stereocenters. The number of hydrogen-bond acceptors (Lipinski definition) is 9. The number of ether oxygens (including phenoxy) is 1. The Bertz CT molecular complexity index is 1230. The predicted molar refractivity (Wildman–Crippen MR) is 117 cm³/mol. The fraction of sp³-hybridized carbons (Fsp3) is 0.200. The van der Waals surface area contributed by atoms with Gasteiger partial charge >= 0.3 is 0 Å². The molecule has 0 saturated carbocycles. The summed E-state index contributed by atoms with van der Waals surface area (Å²) in [5, 5.41) is 24.2. The van der Waals surface area contributed by atoms with Crippen molar-refractivity contribution in [3.8, 4) is 11.4 Å². The predicted octanol–water partition coefficient (Wildman–Crippen LogP) is 3.19. The maximum absolute atomic E-state index is 13.0. The van der Waals surface area contributed by atoms with Gasteiger partial charge in [0.15, 0.2) is 0 Å². The van der Waals surface area contributed by atoms with Gasteiger partial charge in [0.05, 0.1) is 12.9 Å². The molecule has 2 aromatic heterocycles.